The maximum atomic E-state index is 5.64. The Bertz CT molecular complexity index is 352. The van der Waals surface area contributed by atoms with Crippen LogP contribution in [0, 0.1) is 5.92 Å². The second-order valence-electron chi connectivity index (χ2n) is 4.84. The summed E-state index contributed by atoms with van der Waals surface area (Å²) in [5, 5.41) is 6.50. The minimum atomic E-state index is 0.801. The van der Waals surface area contributed by atoms with Crippen molar-refractivity contribution in [2.45, 2.75) is 26.3 Å². The molecule has 1 aromatic rings. The number of rotatable bonds is 9. The molecule has 102 valence electrons. The van der Waals surface area contributed by atoms with E-state index in [4.69, 9.17) is 4.74 Å². The van der Waals surface area contributed by atoms with Gasteiger partial charge in [0.15, 0.2) is 5.13 Å². The Labute approximate surface area is 113 Å². The fraction of sp³-hybridized carbons (Fsp3) is 0.769. The predicted octanol–water partition coefficient (Wildman–Crippen LogP) is 2.12. The van der Waals surface area contributed by atoms with Crippen molar-refractivity contribution in [2.75, 3.05) is 38.3 Å². The molecule has 1 N–H and O–H groups in total. The smallest absolute Gasteiger partial charge is 0.185 e. The van der Waals surface area contributed by atoms with E-state index in [1.54, 1.807) is 11.3 Å². The molecule has 1 aliphatic carbocycles. The topological polar surface area (TPSA) is 37.4 Å². The number of thiazole rings is 1. The van der Waals surface area contributed by atoms with Gasteiger partial charge in [-0.3, -0.25) is 0 Å². The van der Waals surface area contributed by atoms with Crippen LogP contribution in [0.2, 0.25) is 0 Å². The van der Waals surface area contributed by atoms with Crippen LogP contribution in [0.5, 0.6) is 0 Å². The summed E-state index contributed by atoms with van der Waals surface area (Å²) in [5.41, 5.74) is 1.13. The van der Waals surface area contributed by atoms with Gasteiger partial charge in [0, 0.05) is 32.1 Å². The van der Waals surface area contributed by atoms with Gasteiger partial charge in [-0.15, -0.1) is 11.3 Å². The molecule has 1 saturated carbocycles. The Kier molecular flexibility index (Phi) is 5.41. The van der Waals surface area contributed by atoms with Crippen LogP contribution in [0.25, 0.3) is 0 Å². The highest BCUT2D eigenvalue weighted by atomic mass is 32.1. The first-order chi connectivity index (χ1) is 8.79. The van der Waals surface area contributed by atoms with Gasteiger partial charge in [0.05, 0.1) is 12.3 Å². The van der Waals surface area contributed by atoms with Gasteiger partial charge in [0.25, 0.3) is 0 Å². The monoisotopic (exact) mass is 269 g/mol. The summed E-state index contributed by atoms with van der Waals surface area (Å²) < 4.78 is 5.64. The fourth-order valence-electron chi connectivity index (χ4n) is 1.64. The van der Waals surface area contributed by atoms with Crippen LogP contribution < -0.4 is 10.2 Å². The zero-order valence-electron chi connectivity index (χ0n) is 11.3. The van der Waals surface area contributed by atoms with E-state index in [2.05, 4.69) is 34.6 Å². The predicted molar refractivity (Wildman–Crippen MR) is 76.3 cm³/mol. The highest BCUT2D eigenvalue weighted by molar-refractivity contribution is 7.13. The number of likely N-dealkylation sites (N-methyl/N-ethyl adjacent to an activating group) is 1. The third kappa shape index (κ3) is 4.55. The maximum absolute atomic E-state index is 5.64. The summed E-state index contributed by atoms with van der Waals surface area (Å²) in [6, 6.07) is 0. The first kappa shape index (κ1) is 13.8. The van der Waals surface area contributed by atoms with Gasteiger partial charge >= 0.3 is 0 Å². The molecule has 4 nitrogen and oxygen atoms in total. The molecular weight excluding hydrogens is 246 g/mol. The number of hydrogen-bond donors (Lipinski definition) is 1. The second kappa shape index (κ2) is 7.07. The van der Waals surface area contributed by atoms with Crippen molar-refractivity contribution in [1.82, 2.24) is 10.3 Å². The van der Waals surface area contributed by atoms with E-state index in [-0.39, 0.29) is 0 Å². The third-order valence-corrected chi connectivity index (χ3v) is 4.05. The molecule has 0 unspecified atom stereocenters. The molecule has 5 heteroatoms. The third-order valence-electron chi connectivity index (χ3n) is 3.04. The van der Waals surface area contributed by atoms with E-state index in [1.165, 1.54) is 12.8 Å². The number of aromatic nitrogens is 1. The highest BCUT2D eigenvalue weighted by Crippen LogP contribution is 2.28. The van der Waals surface area contributed by atoms with Gasteiger partial charge in [-0.25, -0.2) is 4.98 Å². The van der Waals surface area contributed by atoms with Crippen LogP contribution in [-0.4, -0.2) is 38.3 Å². The van der Waals surface area contributed by atoms with Crippen molar-refractivity contribution < 1.29 is 4.74 Å². The first-order valence-electron chi connectivity index (χ1n) is 6.73. The van der Waals surface area contributed by atoms with Gasteiger partial charge in [0.1, 0.15) is 0 Å². The van der Waals surface area contributed by atoms with Crippen molar-refractivity contribution in [2.24, 2.45) is 5.92 Å². The molecule has 1 fully saturated rings. The van der Waals surface area contributed by atoms with Crippen LogP contribution in [-0.2, 0) is 11.3 Å². The lowest BCUT2D eigenvalue weighted by Crippen LogP contribution is -2.23. The van der Waals surface area contributed by atoms with E-state index < -0.39 is 0 Å². The average molecular weight is 269 g/mol. The number of anilines is 1. The SMILES string of the molecule is CCNCc1csc(N(C)CCOCC2CC2)n1. The van der Waals surface area contributed by atoms with Gasteiger partial charge in [0.2, 0.25) is 0 Å². The van der Waals surface area contributed by atoms with Crippen molar-refractivity contribution in [1.29, 1.82) is 0 Å². The van der Waals surface area contributed by atoms with Crippen LogP contribution >= 0.6 is 11.3 Å². The number of ether oxygens (including phenoxy) is 1. The van der Waals surface area contributed by atoms with Gasteiger partial charge < -0.3 is 15.0 Å². The quantitative estimate of drug-likeness (QED) is 0.697. The van der Waals surface area contributed by atoms with Crippen LogP contribution in [0.4, 0.5) is 5.13 Å². The second-order valence-corrected chi connectivity index (χ2v) is 5.68. The highest BCUT2D eigenvalue weighted by Gasteiger charge is 2.21. The van der Waals surface area contributed by atoms with E-state index in [9.17, 15) is 0 Å². The Morgan fingerprint density at radius 2 is 2.39 bits per heavy atom. The number of hydrogen-bond acceptors (Lipinski definition) is 5. The molecule has 0 aliphatic heterocycles. The molecule has 0 atom stereocenters. The molecule has 0 saturated heterocycles. The summed E-state index contributed by atoms with van der Waals surface area (Å²) in [6.07, 6.45) is 2.71. The minimum Gasteiger partial charge on any atom is -0.379 e. The zero-order chi connectivity index (χ0) is 12.8. The van der Waals surface area contributed by atoms with Gasteiger partial charge in [-0.2, -0.15) is 0 Å². The van der Waals surface area contributed by atoms with E-state index in [0.29, 0.717) is 0 Å². The summed E-state index contributed by atoms with van der Waals surface area (Å²) in [6.45, 7) is 6.61. The molecule has 0 radical (unpaired) electrons. The van der Waals surface area contributed by atoms with E-state index in [1.807, 2.05) is 0 Å². The molecule has 0 amide bonds. The van der Waals surface area contributed by atoms with Crippen LogP contribution in [0.1, 0.15) is 25.5 Å². The zero-order valence-corrected chi connectivity index (χ0v) is 12.1. The molecular formula is C13H23N3OS. The molecule has 2 rings (SSSR count). The lowest BCUT2D eigenvalue weighted by Gasteiger charge is -2.15. The van der Waals surface area contributed by atoms with E-state index in [0.717, 1.165) is 49.6 Å². The molecule has 0 spiro atoms. The molecule has 1 aliphatic rings. The van der Waals surface area contributed by atoms with Crippen LogP contribution in [0.3, 0.4) is 0 Å². The summed E-state index contributed by atoms with van der Waals surface area (Å²) >= 11 is 1.70. The molecule has 1 aromatic heterocycles. The van der Waals surface area contributed by atoms with Crippen LogP contribution in [0.15, 0.2) is 5.38 Å². The standard InChI is InChI=1S/C13H23N3OS/c1-3-14-8-12-10-18-13(15-12)16(2)6-7-17-9-11-4-5-11/h10-11,14H,3-9H2,1-2H3. The number of nitrogens with zero attached hydrogens (tertiary/aromatic N) is 2. The Morgan fingerprint density at radius 3 is 3.11 bits per heavy atom. The van der Waals surface area contributed by atoms with E-state index >= 15 is 0 Å². The molecule has 0 aromatic carbocycles. The largest absolute Gasteiger partial charge is 0.379 e. The summed E-state index contributed by atoms with van der Waals surface area (Å²) in [4.78, 5) is 6.77. The van der Waals surface area contributed by atoms with Gasteiger partial charge in [-0.1, -0.05) is 6.92 Å². The van der Waals surface area contributed by atoms with Crippen molar-refractivity contribution in [3.8, 4) is 0 Å². The summed E-state index contributed by atoms with van der Waals surface area (Å²) in [5.74, 6) is 0.849. The Balaban J connectivity index is 1.66. The lowest BCUT2D eigenvalue weighted by atomic mass is 10.5. The summed E-state index contributed by atoms with van der Waals surface area (Å²) in [7, 11) is 2.08. The van der Waals surface area contributed by atoms with Crippen molar-refractivity contribution in [3.05, 3.63) is 11.1 Å². The number of nitrogens with one attached hydrogen (secondary N) is 1. The van der Waals surface area contributed by atoms with Gasteiger partial charge in [-0.05, 0) is 25.3 Å². The minimum absolute atomic E-state index is 0.801. The maximum Gasteiger partial charge on any atom is 0.185 e. The Hall–Kier alpha value is -0.650. The average Bonchev–Trinajstić information content (AvgIpc) is 3.08. The Morgan fingerprint density at radius 1 is 1.56 bits per heavy atom. The molecule has 0 bridgehead atoms. The molecule has 18 heavy (non-hydrogen) atoms. The molecule has 1 heterocycles. The normalized spacial score (nSPS) is 15.0. The van der Waals surface area contributed by atoms with Crippen molar-refractivity contribution >= 4 is 16.5 Å². The first-order valence-corrected chi connectivity index (χ1v) is 7.61. The fourth-order valence-corrected chi connectivity index (χ4v) is 2.46. The van der Waals surface area contributed by atoms with Crippen molar-refractivity contribution in [3.63, 3.8) is 0 Å². The lowest BCUT2D eigenvalue weighted by molar-refractivity contribution is 0.131.